The maximum atomic E-state index is 2.66. The molecule has 16 heavy (non-hydrogen) atoms. The lowest BCUT2D eigenvalue weighted by Crippen LogP contribution is -2.58. The summed E-state index contributed by atoms with van der Waals surface area (Å²) in [6, 6.07) is 0.811. The molecule has 0 radical (unpaired) electrons. The summed E-state index contributed by atoms with van der Waals surface area (Å²) in [4.78, 5) is 5.02. The summed E-state index contributed by atoms with van der Waals surface area (Å²) in [5.41, 5.74) is 1.19. The van der Waals surface area contributed by atoms with E-state index in [2.05, 4.69) is 44.7 Å². The van der Waals surface area contributed by atoms with Gasteiger partial charge in [0.2, 0.25) is 0 Å². The van der Waals surface area contributed by atoms with Gasteiger partial charge in [0.25, 0.3) is 0 Å². The highest BCUT2D eigenvalue weighted by atomic mass is 15.3. The molecule has 2 nitrogen and oxygen atoms in total. The second kappa shape index (κ2) is 3.99. The molecule has 0 aromatic carbocycles. The maximum absolute atomic E-state index is 2.66. The van der Waals surface area contributed by atoms with E-state index in [1.165, 1.54) is 38.9 Å². The Labute approximate surface area is 101 Å². The van der Waals surface area contributed by atoms with Gasteiger partial charge in [0.1, 0.15) is 0 Å². The van der Waals surface area contributed by atoms with Gasteiger partial charge in [0, 0.05) is 25.7 Å². The van der Waals surface area contributed by atoms with Crippen LogP contribution in [-0.4, -0.2) is 49.6 Å². The molecule has 1 saturated carbocycles. The molecule has 1 aliphatic heterocycles. The highest BCUT2D eigenvalue weighted by Crippen LogP contribution is 2.54. The van der Waals surface area contributed by atoms with Crippen molar-refractivity contribution in [2.24, 2.45) is 10.8 Å². The van der Waals surface area contributed by atoms with E-state index >= 15 is 0 Å². The molecule has 0 amide bonds. The fourth-order valence-corrected chi connectivity index (χ4v) is 3.17. The van der Waals surface area contributed by atoms with Gasteiger partial charge < -0.3 is 4.90 Å². The third kappa shape index (κ3) is 2.98. The van der Waals surface area contributed by atoms with Crippen molar-refractivity contribution in [3.63, 3.8) is 0 Å². The quantitative estimate of drug-likeness (QED) is 0.724. The van der Waals surface area contributed by atoms with Crippen LogP contribution in [0, 0.1) is 10.8 Å². The molecule has 0 N–H and O–H groups in total. The lowest BCUT2D eigenvalue weighted by molar-refractivity contribution is 0.0391. The molecular formula is C14H28N2. The smallest absolute Gasteiger partial charge is 0.0344 e. The van der Waals surface area contributed by atoms with Gasteiger partial charge >= 0.3 is 0 Å². The van der Waals surface area contributed by atoms with Gasteiger partial charge in [-0.05, 0) is 44.2 Å². The maximum Gasteiger partial charge on any atom is 0.0344 e. The number of likely N-dealkylation sites (tertiary alicyclic amines) is 1. The third-order valence-corrected chi connectivity index (χ3v) is 4.09. The first kappa shape index (κ1) is 12.4. The van der Waals surface area contributed by atoms with Gasteiger partial charge in [-0.25, -0.2) is 0 Å². The fourth-order valence-electron chi connectivity index (χ4n) is 3.17. The lowest BCUT2D eigenvalue weighted by atomic mass is 9.82. The minimum absolute atomic E-state index is 0.502. The van der Waals surface area contributed by atoms with E-state index in [9.17, 15) is 0 Å². The summed E-state index contributed by atoms with van der Waals surface area (Å²) in [5, 5.41) is 0. The fraction of sp³-hybridized carbons (Fsp3) is 1.00. The molecule has 94 valence electrons. The molecule has 0 bridgehead atoms. The van der Waals surface area contributed by atoms with Crippen molar-refractivity contribution in [2.75, 3.05) is 33.7 Å². The summed E-state index contributed by atoms with van der Waals surface area (Å²) in [6.45, 7) is 11.1. The van der Waals surface area contributed by atoms with Crippen molar-refractivity contribution < 1.29 is 0 Å². The Balaban J connectivity index is 1.75. The molecule has 2 rings (SSSR count). The molecule has 0 unspecified atom stereocenters. The summed E-state index contributed by atoms with van der Waals surface area (Å²) < 4.78 is 0. The molecule has 0 spiro atoms. The Morgan fingerprint density at radius 3 is 2.12 bits per heavy atom. The first-order chi connectivity index (χ1) is 7.30. The number of hydrogen-bond donors (Lipinski definition) is 0. The van der Waals surface area contributed by atoms with Crippen LogP contribution >= 0.6 is 0 Å². The minimum Gasteiger partial charge on any atom is -0.304 e. The summed E-state index contributed by atoms with van der Waals surface area (Å²) >= 11 is 0. The Morgan fingerprint density at radius 2 is 1.75 bits per heavy atom. The van der Waals surface area contributed by atoms with Crippen LogP contribution < -0.4 is 0 Å². The number of hydrogen-bond acceptors (Lipinski definition) is 2. The van der Waals surface area contributed by atoms with Gasteiger partial charge in [-0.1, -0.05) is 20.8 Å². The molecule has 2 aliphatic rings. The highest BCUT2D eigenvalue weighted by molar-refractivity contribution is 5.00. The second-order valence-corrected chi connectivity index (χ2v) is 7.55. The zero-order chi connectivity index (χ0) is 12.0. The first-order valence-corrected chi connectivity index (χ1v) is 6.69. The van der Waals surface area contributed by atoms with Crippen LogP contribution in [0.1, 0.15) is 40.0 Å². The predicted molar refractivity (Wildman–Crippen MR) is 69.7 cm³/mol. The molecular weight excluding hydrogens is 196 g/mol. The highest BCUT2D eigenvalue weighted by Gasteiger charge is 2.47. The van der Waals surface area contributed by atoms with Crippen molar-refractivity contribution in [3.05, 3.63) is 0 Å². The Bertz CT molecular complexity index is 242. The van der Waals surface area contributed by atoms with E-state index in [1.54, 1.807) is 0 Å². The first-order valence-electron chi connectivity index (χ1n) is 6.69. The zero-order valence-corrected chi connectivity index (χ0v) is 11.7. The minimum atomic E-state index is 0.502. The Morgan fingerprint density at radius 1 is 1.19 bits per heavy atom. The standard InChI is InChI=1S/C14H28N2/c1-13(2,3)10-14(6-7-14)11-16-8-12(9-16)15(4)5/h12H,6-11H2,1-5H3. The number of rotatable bonds is 4. The molecule has 1 saturated heterocycles. The third-order valence-electron chi connectivity index (χ3n) is 4.09. The van der Waals surface area contributed by atoms with Crippen LogP contribution in [0.4, 0.5) is 0 Å². The van der Waals surface area contributed by atoms with Crippen molar-refractivity contribution in [3.8, 4) is 0 Å². The van der Waals surface area contributed by atoms with Gasteiger partial charge in [0.15, 0.2) is 0 Å². The predicted octanol–water partition coefficient (Wildman–Crippen LogP) is 2.45. The van der Waals surface area contributed by atoms with Crippen LogP contribution in [0.3, 0.4) is 0 Å². The van der Waals surface area contributed by atoms with E-state index in [0.29, 0.717) is 10.8 Å². The normalized spacial score (nSPS) is 25.9. The van der Waals surface area contributed by atoms with Gasteiger partial charge in [-0.3, -0.25) is 4.90 Å². The average molecular weight is 224 g/mol. The molecule has 2 heteroatoms. The van der Waals surface area contributed by atoms with Crippen molar-refractivity contribution in [1.29, 1.82) is 0 Å². The van der Waals surface area contributed by atoms with E-state index in [1.807, 2.05) is 0 Å². The average Bonchev–Trinajstić information content (AvgIpc) is 2.73. The number of likely N-dealkylation sites (N-methyl/N-ethyl adjacent to an activating group) is 1. The SMILES string of the molecule is CN(C)C1CN(CC2(CC(C)(C)C)CC2)C1. The van der Waals surface area contributed by atoms with Gasteiger partial charge in [-0.15, -0.1) is 0 Å². The van der Waals surface area contributed by atoms with Crippen molar-refractivity contribution in [1.82, 2.24) is 9.80 Å². The molecule has 0 aromatic heterocycles. The molecule has 0 aromatic rings. The van der Waals surface area contributed by atoms with Gasteiger partial charge in [0.05, 0.1) is 0 Å². The molecule has 1 heterocycles. The van der Waals surface area contributed by atoms with Crippen molar-refractivity contribution in [2.45, 2.75) is 46.1 Å². The monoisotopic (exact) mass is 224 g/mol. The molecule has 1 aliphatic carbocycles. The largest absolute Gasteiger partial charge is 0.304 e. The van der Waals surface area contributed by atoms with Gasteiger partial charge in [-0.2, -0.15) is 0 Å². The summed E-state index contributed by atoms with van der Waals surface area (Å²) in [6.07, 6.45) is 4.34. The molecule has 2 fully saturated rings. The Hall–Kier alpha value is -0.0800. The van der Waals surface area contributed by atoms with Crippen LogP contribution in [0.25, 0.3) is 0 Å². The van der Waals surface area contributed by atoms with E-state index in [4.69, 9.17) is 0 Å². The van der Waals surface area contributed by atoms with E-state index < -0.39 is 0 Å². The lowest BCUT2D eigenvalue weighted by Gasteiger charge is -2.45. The summed E-state index contributed by atoms with van der Waals surface area (Å²) in [5.74, 6) is 0. The van der Waals surface area contributed by atoms with Crippen LogP contribution in [0.2, 0.25) is 0 Å². The van der Waals surface area contributed by atoms with Crippen LogP contribution in [-0.2, 0) is 0 Å². The van der Waals surface area contributed by atoms with Crippen LogP contribution in [0.15, 0.2) is 0 Å². The second-order valence-electron chi connectivity index (χ2n) is 7.55. The zero-order valence-electron chi connectivity index (χ0n) is 11.7. The molecule has 0 atom stereocenters. The summed E-state index contributed by atoms with van der Waals surface area (Å²) in [7, 11) is 4.40. The topological polar surface area (TPSA) is 6.48 Å². The van der Waals surface area contributed by atoms with Crippen LogP contribution in [0.5, 0.6) is 0 Å². The van der Waals surface area contributed by atoms with E-state index in [-0.39, 0.29) is 0 Å². The Kier molecular flexibility index (Phi) is 3.09. The van der Waals surface area contributed by atoms with Crippen molar-refractivity contribution >= 4 is 0 Å². The number of nitrogens with zero attached hydrogens (tertiary/aromatic N) is 2. The van der Waals surface area contributed by atoms with E-state index in [0.717, 1.165) is 6.04 Å².